The molecular formula is C13H18N4O2. The van der Waals surface area contributed by atoms with Crippen molar-refractivity contribution in [1.82, 2.24) is 15.2 Å². The van der Waals surface area contributed by atoms with Gasteiger partial charge in [-0.3, -0.25) is 14.6 Å². The Morgan fingerprint density at radius 2 is 2.32 bits per heavy atom. The number of hydrogen-bond donors (Lipinski definition) is 1. The van der Waals surface area contributed by atoms with Crippen molar-refractivity contribution in [2.75, 3.05) is 38.6 Å². The van der Waals surface area contributed by atoms with Crippen LogP contribution >= 0.6 is 0 Å². The number of rotatable bonds is 1. The van der Waals surface area contributed by atoms with Crippen LogP contribution in [0, 0.1) is 0 Å². The second kappa shape index (κ2) is 4.79. The van der Waals surface area contributed by atoms with E-state index in [0.717, 1.165) is 19.6 Å². The molecule has 0 radical (unpaired) electrons. The van der Waals surface area contributed by atoms with Gasteiger partial charge in [0.2, 0.25) is 0 Å². The number of hydrogen-bond acceptors (Lipinski definition) is 5. The summed E-state index contributed by atoms with van der Waals surface area (Å²) in [6.45, 7) is 2.62. The zero-order valence-corrected chi connectivity index (χ0v) is 11.2. The van der Waals surface area contributed by atoms with Crippen LogP contribution in [-0.4, -0.2) is 61.7 Å². The normalized spacial score (nSPS) is 27.9. The number of aromatic nitrogens is 1. The average Bonchev–Trinajstić information content (AvgIpc) is 2.44. The van der Waals surface area contributed by atoms with Gasteiger partial charge in [-0.05, 0) is 19.2 Å². The van der Waals surface area contributed by atoms with Crippen LogP contribution in [0.4, 0.5) is 5.82 Å². The highest BCUT2D eigenvalue weighted by Gasteiger charge is 2.40. The van der Waals surface area contributed by atoms with Crippen LogP contribution < -0.4 is 15.0 Å². The molecule has 1 fully saturated rings. The summed E-state index contributed by atoms with van der Waals surface area (Å²) in [5.41, 5.74) is 0. The maximum absolute atomic E-state index is 12.4. The number of carbonyl (C=O) groups is 1. The molecule has 0 saturated carbocycles. The van der Waals surface area contributed by atoms with Gasteiger partial charge < -0.3 is 10.1 Å². The predicted octanol–water partition coefficient (Wildman–Crippen LogP) is -0.291. The van der Waals surface area contributed by atoms with Crippen LogP contribution in [0.25, 0.3) is 0 Å². The Morgan fingerprint density at radius 3 is 3.11 bits per heavy atom. The van der Waals surface area contributed by atoms with Crippen molar-refractivity contribution in [3.05, 3.63) is 18.3 Å². The van der Waals surface area contributed by atoms with E-state index in [2.05, 4.69) is 15.2 Å². The number of amides is 1. The molecule has 2 unspecified atom stereocenters. The lowest BCUT2D eigenvalue weighted by Gasteiger charge is -2.41. The van der Waals surface area contributed by atoms with Crippen LogP contribution in [-0.2, 0) is 4.79 Å². The molecule has 2 aliphatic heterocycles. The molecule has 1 N–H and O–H groups in total. The molecule has 2 atom stereocenters. The van der Waals surface area contributed by atoms with Gasteiger partial charge in [-0.1, -0.05) is 0 Å². The molecule has 0 bridgehead atoms. The maximum atomic E-state index is 12.4. The van der Waals surface area contributed by atoms with E-state index < -0.39 is 6.10 Å². The Bertz CT molecular complexity index is 493. The Labute approximate surface area is 112 Å². The lowest BCUT2D eigenvalue weighted by molar-refractivity contribution is -0.129. The molecular weight excluding hydrogens is 244 g/mol. The first kappa shape index (κ1) is 12.4. The summed E-state index contributed by atoms with van der Waals surface area (Å²) in [4.78, 5) is 20.4. The fourth-order valence-electron chi connectivity index (χ4n) is 2.62. The third kappa shape index (κ3) is 2.06. The number of carbonyl (C=O) groups excluding carboxylic acids is 1. The summed E-state index contributed by atoms with van der Waals surface area (Å²) in [5.74, 6) is 1.23. The highest BCUT2D eigenvalue weighted by atomic mass is 16.5. The van der Waals surface area contributed by atoms with E-state index in [0.29, 0.717) is 11.6 Å². The molecule has 1 aromatic rings. The van der Waals surface area contributed by atoms with E-state index in [9.17, 15) is 4.79 Å². The van der Waals surface area contributed by atoms with Gasteiger partial charge in [-0.15, -0.1) is 0 Å². The molecule has 1 aromatic heterocycles. The molecule has 19 heavy (non-hydrogen) atoms. The molecule has 2 aliphatic rings. The Morgan fingerprint density at radius 1 is 1.47 bits per heavy atom. The largest absolute Gasteiger partial charge is 0.475 e. The first-order valence-corrected chi connectivity index (χ1v) is 6.48. The van der Waals surface area contributed by atoms with Gasteiger partial charge in [0.05, 0.1) is 6.04 Å². The summed E-state index contributed by atoms with van der Waals surface area (Å²) in [7, 11) is 3.78. The highest BCUT2D eigenvalue weighted by Crippen LogP contribution is 2.32. The molecule has 6 heteroatoms. The number of ether oxygens (including phenoxy) is 1. The van der Waals surface area contributed by atoms with E-state index in [1.807, 2.05) is 19.2 Å². The molecule has 1 saturated heterocycles. The topological polar surface area (TPSA) is 57.7 Å². The number of nitrogens with one attached hydrogen (secondary N) is 1. The minimum atomic E-state index is -0.473. The standard InChI is InChI=1S/C13H18N4O2/c1-16-7-6-14-8-9(16)11-13(18)17(2)12-10(19-11)4-3-5-15-12/h3-5,9,11,14H,6-8H2,1-2H3. The third-order valence-electron chi connectivity index (χ3n) is 3.81. The second-order valence-corrected chi connectivity index (χ2v) is 5.01. The first-order chi connectivity index (χ1) is 9.18. The van der Waals surface area contributed by atoms with Crippen molar-refractivity contribution in [3.8, 4) is 5.75 Å². The molecule has 0 aromatic carbocycles. The quantitative estimate of drug-likeness (QED) is 0.753. The van der Waals surface area contributed by atoms with Gasteiger partial charge in [0.25, 0.3) is 5.91 Å². The fraction of sp³-hybridized carbons (Fsp3) is 0.538. The predicted molar refractivity (Wildman–Crippen MR) is 71.4 cm³/mol. The van der Waals surface area contributed by atoms with Gasteiger partial charge in [-0.2, -0.15) is 0 Å². The van der Waals surface area contributed by atoms with Gasteiger partial charge in [0.1, 0.15) is 0 Å². The van der Waals surface area contributed by atoms with E-state index in [-0.39, 0.29) is 11.9 Å². The Balaban J connectivity index is 1.90. The smallest absolute Gasteiger partial charge is 0.270 e. The monoisotopic (exact) mass is 262 g/mol. The van der Waals surface area contributed by atoms with Crippen LogP contribution in [0.2, 0.25) is 0 Å². The second-order valence-electron chi connectivity index (χ2n) is 5.01. The summed E-state index contributed by atoms with van der Waals surface area (Å²) < 4.78 is 5.89. The molecule has 3 heterocycles. The molecule has 3 rings (SSSR count). The summed E-state index contributed by atoms with van der Waals surface area (Å²) in [6, 6.07) is 3.73. The van der Waals surface area contributed by atoms with Crippen LogP contribution in [0.5, 0.6) is 5.75 Å². The molecule has 1 amide bonds. The summed E-state index contributed by atoms with van der Waals surface area (Å²) in [5, 5.41) is 3.31. The van der Waals surface area contributed by atoms with Crippen LogP contribution in [0.15, 0.2) is 18.3 Å². The van der Waals surface area contributed by atoms with Gasteiger partial charge in [0.15, 0.2) is 17.7 Å². The molecule has 0 aliphatic carbocycles. The fourth-order valence-corrected chi connectivity index (χ4v) is 2.62. The minimum Gasteiger partial charge on any atom is -0.475 e. The Kier molecular flexibility index (Phi) is 3.12. The third-order valence-corrected chi connectivity index (χ3v) is 3.81. The lowest BCUT2D eigenvalue weighted by atomic mass is 10.0. The average molecular weight is 262 g/mol. The van der Waals surface area contributed by atoms with Crippen molar-refractivity contribution in [1.29, 1.82) is 0 Å². The number of fused-ring (bicyclic) bond motifs is 1. The lowest BCUT2D eigenvalue weighted by Crippen LogP contribution is -2.61. The van der Waals surface area contributed by atoms with Gasteiger partial charge >= 0.3 is 0 Å². The van der Waals surface area contributed by atoms with Gasteiger partial charge in [0, 0.05) is 32.9 Å². The molecule has 6 nitrogen and oxygen atoms in total. The molecule has 102 valence electrons. The van der Waals surface area contributed by atoms with Crippen molar-refractivity contribution in [2.24, 2.45) is 0 Å². The van der Waals surface area contributed by atoms with Crippen LogP contribution in [0.3, 0.4) is 0 Å². The van der Waals surface area contributed by atoms with Crippen LogP contribution in [0.1, 0.15) is 0 Å². The number of piperazine rings is 1. The Hall–Kier alpha value is -1.66. The summed E-state index contributed by atoms with van der Waals surface area (Å²) >= 11 is 0. The van der Waals surface area contributed by atoms with Crippen molar-refractivity contribution in [3.63, 3.8) is 0 Å². The van der Waals surface area contributed by atoms with Gasteiger partial charge in [-0.25, -0.2) is 4.98 Å². The first-order valence-electron chi connectivity index (χ1n) is 6.48. The molecule has 0 spiro atoms. The van der Waals surface area contributed by atoms with Crippen molar-refractivity contribution >= 4 is 11.7 Å². The van der Waals surface area contributed by atoms with E-state index in [1.54, 1.807) is 18.1 Å². The number of pyridine rings is 1. The zero-order valence-electron chi connectivity index (χ0n) is 11.2. The number of anilines is 1. The van der Waals surface area contributed by atoms with E-state index in [1.165, 1.54) is 0 Å². The summed E-state index contributed by atoms with van der Waals surface area (Å²) in [6.07, 6.45) is 1.19. The minimum absolute atomic E-state index is 0.0354. The SMILES string of the molecule is CN1C(=O)C(C2CNCCN2C)Oc2cccnc21. The van der Waals surface area contributed by atoms with Crippen molar-refractivity contribution < 1.29 is 9.53 Å². The zero-order chi connectivity index (χ0) is 13.4. The number of nitrogens with zero attached hydrogens (tertiary/aromatic N) is 3. The number of likely N-dealkylation sites (N-methyl/N-ethyl adjacent to an activating group) is 2. The maximum Gasteiger partial charge on any atom is 0.270 e. The van der Waals surface area contributed by atoms with E-state index >= 15 is 0 Å². The van der Waals surface area contributed by atoms with Crippen molar-refractivity contribution in [2.45, 2.75) is 12.1 Å². The van der Waals surface area contributed by atoms with E-state index in [4.69, 9.17) is 4.74 Å². The highest BCUT2D eigenvalue weighted by molar-refractivity contribution is 5.99.